The van der Waals surface area contributed by atoms with Gasteiger partial charge >= 0.3 is 0 Å². The number of halogens is 2. The number of hydrogen-bond donors (Lipinski definition) is 0. The van der Waals surface area contributed by atoms with Gasteiger partial charge in [0.05, 0.1) is 11.4 Å². The Hall–Kier alpha value is -1.64. The molecule has 0 spiro atoms. The topological polar surface area (TPSA) is 12.9 Å². The van der Waals surface area contributed by atoms with Crippen LogP contribution in [0, 0.1) is 6.07 Å². The Bertz CT molecular complexity index is 660. The molecule has 0 aliphatic heterocycles. The first kappa shape index (κ1) is 13.3. The molecule has 3 rings (SSSR count). The third-order valence-corrected chi connectivity index (χ3v) is 3.74. The van der Waals surface area contributed by atoms with Gasteiger partial charge in [0.2, 0.25) is 0 Å². The number of nitrogens with zero attached hydrogens (tertiary/aromatic N) is 1. The molecule has 0 saturated carbocycles. The molecule has 0 saturated heterocycles. The highest BCUT2D eigenvalue weighted by Crippen LogP contribution is 2.24. The summed E-state index contributed by atoms with van der Waals surface area (Å²) in [6, 6.07) is 22.7. The normalized spacial score (nSPS) is 10.5. The zero-order chi connectivity index (χ0) is 13.9. The van der Waals surface area contributed by atoms with Crippen LogP contribution in [0.3, 0.4) is 0 Å². The molecule has 20 heavy (non-hydrogen) atoms. The SMILES string of the molecule is Clc1ccc(-c2c[c]cc(-c3ccc(Br)cc3)n2)cc1. The monoisotopic (exact) mass is 342 g/mol. The maximum absolute atomic E-state index is 5.91. The fourth-order valence-corrected chi connectivity index (χ4v) is 2.32. The van der Waals surface area contributed by atoms with Gasteiger partial charge in [-0.3, -0.25) is 0 Å². The van der Waals surface area contributed by atoms with E-state index in [9.17, 15) is 0 Å². The molecule has 3 heteroatoms. The summed E-state index contributed by atoms with van der Waals surface area (Å²) in [5.41, 5.74) is 3.90. The Morgan fingerprint density at radius 3 is 1.85 bits per heavy atom. The second-order valence-corrected chi connectivity index (χ2v) is 5.70. The van der Waals surface area contributed by atoms with Crippen molar-refractivity contribution in [3.8, 4) is 22.5 Å². The zero-order valence-corrected chi connectivity index (χ0v) is 12.8. The first-order valence-corrected chi connectivity index (χ1v) is 7.29. The van der Waals surface area contributed by atoms with Crippen LogP contribution in [-0.2, 0) is 0 Å². The van der Waals surface area contributed by atoms with Gasteiger partial charge in [-0.1, -0.05) is 51.8 Å². The van der Waals surface area contributed by atoms with E-state index in [-0.39, 0.29) is 0 Å². The molecule has 0 unspecified atom stereocenters. The van der Waals surface area contributed by atoms with Gasteiger partial charge in [-0.25, -0.2) is 4.98 Å². The summed E-state index contributed by atoms with van der Waals surface area (Å²) >= 11 is 9.34. The maximum atomic E-state index is 5.91. The van der Waals surface area contributed by atoms with Gasteiger partial charge in [0.25, 0.3) is 0 Å². The Morgan fingerprint density at radius 2 is 1.30 bits per heavy atom. The van der Waals surface area contributed by atoms with Gasteiger partial charge in [0.15, 0.2) is 0 Å². The van der Waals surface area contributed by atoms with Crippen molar-refractivity contribution in [2.24, 2.45) is 0 Å². The summed E-state index contributed by atoms with van der Waals surface area (Å²) in [4.78, 5) is 4.68. The van der Waals surface area contributed by atoms with Crippen LogP contribution in [0.15, 0.2) is 65.1 Å². The summed E-state index contributed by atoms with van der Waals surface area (Å²) in [6.45, 7) is 0. The average molecular weight is 344 g/mol. The molecular formula is C17H10BrClN. The first-order chi connectivity index (χ1) is 9.72. The van der Waals surface area contributed by atoms with E-state index in [0.29, 0.717) is 0 Å². The molecule has 0 aliphatic carbocycles. The second kappa shape index (κ2) is 5.78. The predicted octanol–water partition coefficient (Wildman–Crippen LogP) is 5.63. The summed E-state index contributed by atoms with van der Waals surface area (Å²) in [5.74, 6) is 0. The molecule has 2 aromatic carbocycles. The van der Waals surface area contributed by atoms with Crippen LogP contribution in [0.1, 0.15) is 0 Å². The summed E-state index contributed by atoms with van der Waals surface area (Å²) in [7, 11) is 0. The molecule has 0 atom stereocenters. The number of pyridine rings is 1. The summed E-state index contributed by atoms with van der Waals surface area (Å²) < 4.78 is 1.05. The molecule has 0 bridgehead atoms. The van der Waals surface area contributed by atoms with Crippen LogP contribution in [0.5, 0.6) is 0 Å². The minimum atomic E-state index is 0.724. The highest BCUT2D eigenvalue weighted by atomic mass is 79.9. The Balaban J connectivity index is 2.01. The van der Waals surface area contributed by atoms with Crippen molar-refractivity contribution in [3.63, 3.8) is 0 Å². The average Bonchev–Trinajstić information content (AvgIpc) is 2.49. The number of rotatable bonds is 2. The van der Waals surface area contributed by atoms with Gasteiger partial charge in [-0.2, -0.15) is 0 Å². The Kier molecular flexibility index (Phi) is 3.86. The van der Waals surface area contributed by atoms with Crippen molar-refractivity contribution in [1.29, 1.82) is 0 Å². The largest absolute Gasteiger partial charge is 0.248 e. The van der Waals surface area contributed by atoms with Crippen molar-refractivity contribution in [1.82, 2.24) is 4.98 Å². The van der Waals surface area contributed by atoms with Crippen LogP contribution in [0.25, 0.3) is 22.5 Å². The Labute approximate surface area is 131 Å². The lowest BCUT2D eigenvalue weighted by Gasteiger charge is -2.05. The molecule has 1 aromatic heterocycles. The standard InChI is InChI=1S/C17H10BrClN/c18-14-8-4-12(5-9-14)16-2-1-3-17(20-16)13-6-10-15(19)11-7-13/h2-11H. The molecule has 3 aromatic rings. The van der Waals surface area contributed by atoms with Gasteiger partial charge < -0.3 is 0 Å². The fraction of sp³-hybridized carbons (Fsp3) is 0. The van der Waals surface area contributed by atoms with Crippen molar-refractivity contribution in [2.75, 3.05) is 0 Å². The van der Waals surface area contributed by atoms with Crippen LogP contribution < -0.4 is 0 Å². The lowest BCUT2D eigenvalue weighted by Crippen LogP contribution is -1.87. The molecule has 1 heterocycles. The highest BCUT2D eigenvalue weighted by Gasteiger charge is 2.03. The van der Waals surface area contributed by atoms with E-state index in [1.807, 2.05) is 60.7 Å². The van der Waals surface area contributed by atoms with E-state index in [2.05, 4.69) is 27.0 Å². The van der Waals surface area contributed by atoms with Crippen molar-refractivity contribution >= 4 is 27.5 Å². The van der Waals surface area contributed by atoms with E-state index < -0.39 is 0 Å². The van der Waals surface area contributed by atoms with Crippen LogP contribution in [-0.4, -0.2) is 4.98 Å². The number of hydrogen-bond acceptors (Lipinski definition) is 1. The van der Waals surface area contributed by atoms with Gasteiger partial charge in [-0.05, 0) is 42.5 Å². The van der Waals surface area contributed by atoms with Gasteiger partial charge in [-0.15, -0.1) is 0 Å². The second-order valence-electron chi connectivity index (χ2n) is 4.35. The molecule has 0 aliphatic rings. The molecule has 0 N–H and O–H groups in total. The highest BCUT2D eigenvalue weighted by molar-refractivity contribution is 9.10. The molecule has 97 valence electrons. The Morgan fingerprint density at radius 1 is 0.800 bits per heavy atom. The molecule has 0 amide bonds. The van der Waals surface area contributed by atoms with E-state index in [1.165, 1.54) is 0 Å². The van der Waals surface area contributed by atoms with E-state index in [4.69, 9.17) is 11.6 Å². The maximum Gasteiger partial charge on any atom is 0.0715 e. The predicted molar refractivity (Wildman–Crippen MR) is 86.7 cm³/mol. The van der Waals surface area contributed by atoms with Gasteiger partial charge in [0.1, 0.15) is 0 Å². The fourth-order valence-electron chi connectivity index (χ4n) is 1.93. The first-order valence-electron chi connectivity index (χ1n) is 6.12. The van der Waals surface area contributed by atoms with E-state index >= 15 is 0 Å². The van der Waals surface area contributed by atoms with Crippen LogP contribution in [0.4, 0.5) is 0 Å². The molecule has 1 radical (unpaired) electrons. The lowest BCUT2D eigenvalue weighted by molar-refractivity contribution is 1.32. The zero-order valence-electron chi connectivity index (χ0n) is 10.5. The van der Waals surface area contributed by atoms with Gasteiger partial charge in [0, 0.05) is 20.6 Å². The summed E-state index contributed by atoms with van der Waals surface area (Å²) in [5, 5.41) is 0.724. The smallest absolute Gasteiger partial charge is 0.0715 e. The molecule has 0 fully saturated rings. The van der Waals surface area contributed by atoms with Crippen LogP contribution >= 0.6 is 27.5 Å². The van der Waals surface area contributed by atoms with E-state index in [0.717, 1.165) is 32.0 Å². The van der Waals surface area contributed by atoms with Crippen LogP contribution in [0.2, 0.25) is 5.02 Å². The quantitative estimate of drug-likeness (QED) is 0.587. The molecule has 1 nitrogen and oxygen atoms in total. The third kappa shape index (κ3) is 2.92. The van der Waals surface area contributed by atoms with Crippen molar-refractivity contribution < 1.29 is 0 Å². The molecular weight excluding hydrogens is 334 g/mol. The lowest BCUT2D eigenvalue weighted by atomic mass is 10.1. The third-order valence-electron chi connectivity index (χ3n) is 2.96. The minimum Gasteiger partial charge on any atom is -0.248 e. The van der Waals surface area contributed by atoms with Crippen molar-refractivity contribution in [3.05, 3.63) is 76.2 Å². The van der Waals surface area contributed by atoms with Crippen molar-refractivity contribution in [2.45, 2.75) is 0 Å². The number of benzene rings is 2. The summed E-state index contributed by atoms with van der Waals surface area (Å²) in [6.07, 6.45) is 0. The number of aromatic nitrogens is 1. The minimum absolute atomic E-state index is 0.724. The van der Waals surface area contributed by atoms with E-state index in [1.54, 1.807) is 0 Å².